The molecule has 35 heavy (non-hydrogen) atoms. The van der Waals surface area contributed by atoms with Crippen molar-refractivity contribution in [1.82, 2.24) is 15.3 Å². The van der Waals surface area contributed by atoms with E-state index in [0.29, 0.717) is 43.1 Å². The van der Waals surface area contributed by atoms with Crippen LogP contribution in [-0.4, -0.2) is 35.0 Å². The van der Waals surface area contributed by atoms with Gasteiger partial charge >= 0.3 is 6.18 Å². The lowest BCUT2D eigenvalue weighted by Gasteiger charge is -2.33. The summed E-state index contributed by atoms with van der Waals surface area (Å²) < 4.78 is 57.9. The molecule has 1 aliphatic rings. The standard InChI is InChI=1S/C25H22F4N4O2/c26-21-14-17(3-6-22(21)35-20-2-1-11-30-16-20)4-8-24(34)32-19-9-12-33(13-10-19)23-7-5-18(15-31-23)25(27,28)29/h1-8,11,14-16,19H,9-10,12-13H2,(H,32,34)/b8-4+. The van der Waals surface area contributed by atoms with Gasteiger partial charge in [-0.15, -0.1) is 0 Å². The smallest absolute Gasteiger partial charge is 0.417 e. The van der Waals surface area contributed by atoms with Crippen molar-refractivity contribution in [2.45, 2.75) is 25.1 Å². The van der Waals surface area contributed by atoms with Crippen LogP contribution in [0.1, 0.15) is 24.0 Å². The first kappa shape index (κ1) is 24.2. The predicted octanol–water partition coefficient (Wildman–Crippen LogP) is 5.23. The zero-order chi connectivity index (χ0) is 24.8. The molecule has 0 unspecified atom stereocenters. The number of alkyl halides is 3. The number of hydrogen-bond donors (Lipinski definition) is 1. The number of hydrogen-bond acceptors (Lipinski definition) is 5. The average Bonchev–Trinajstić information content (AvgIpc) is 2.85. The van der Waals surface area contributed by atoms with E-state index in [9.17, 15) is 22.4 Å². The van der Waals surface area contributed by atoms with Gasteiger partial charge in [-0.2, -0.15) is 13.2 Å². The van der Waals surface area contributed by atoms with Crippen LogP contribution in [0, 0.1) is 5.82 Å². The highest BCUT2D eigenvalue weighted by molar-refractivity contribution is 5.91. The number of nitrogens with one attached hydrogen (secondary N) is 1. The van der Waals surface area contributed by atoms with E-state index >= 15 is 0 Å². The highest BCUT2D eigenvalue weighted by atomic mass is 19.4. The molecular formula is C25H22F4N4O2. The molecule has 1 fully saturated rings. The molecule has 0 bridgehead atoms. The third-order valence-electron chi connectivity index (χ3n) is 5.49. The highest BCUT2D eigenvalue weighted by Gasteiger charge is 2.31. The summed E-state index contributed by atoms with van der Waals surface area (Å²) in [4.78, 5) is 22.0. The van der Waals surface area contributed by atoms with Crippen LogP contribution >= 0.6 is 0 Å². The quantitative estimate of drug-likeness (QED) is 0.382. The summed E-state index contributed by atoms with van der Waals surface area (Å²) in [5.41, 5.74) is -0.287. The summed E-state index contributed by atoms with van der Waals surface area (Å²) in [5.74, 6) is 0.0524. The number of halogens is 4. The molecular weight excluding hydrogens is 464 g/mol. The van der Waals surface area contributed by atoms with E-state index in [-0.39, 0.29) is 17.7 Å². The summed E-state index contributed by atoms with van der Waals surface area (Å²) in [7, 11) is 0. The second-order valence-corrected chi connectivity index (χ2v) is 7.99. The zero-order valence-electron chi connectivity index (χ0n) is 18.5. The van der Waals surface area contributed by atoms with Gasteiger partial charge in [0.05, 0.1) is 11.8 Å². The Labute approximate surface area is 199 Å². The van der Waals surface area contributed by atoms with E-state index < -0.39 is 17.6 Å². The van der Waals surface area contributed by atoms with E-state index in [1.165, 1.54) is 36.5 Å². The molecule has 0 radical (unpaired) electrons. The lowest BCUT2D eigenvalue weighted by atomic mass is 10.0. The topological polar surface area (TPSA) is 67.3 Å². The lowest BCUT2D eigenvalue weighted by Crippen LogP contribution is -2.44. The normalized spacial score (nSPS) is 14.8. The molecule has 1 aliphatic heterocycles. The Morgan fingerprint density at radius 1 is 1.11 bits per heavy atom. The van der Waals surface area contributed by atoms with Crippen molar-refractivity contribution in [3.05, 3.63) is 84.1 Å². The molecule has 0 atom stereocenters. The molecule has 1 amide bonds. The van der Waals surface area contributed by atoms with Gasteiger partial charge in [-0.25, -0.2) is 9.37 Å². The average molecular weight is 486 g/mol. The first-order valence-electron chi connectivity index (χ1n) is 10.9. The Morgan fingerprint density at radius 2 is 1.91 bits per heavy atom. The molecule has 6 nitrogen and oxygen atoms in total. The molecule has 0 saturated carbocycles. The Kier molecular flexibility index (Phi) is 7.28. The van der Waals surface area contributed by atoms with Gasteiger partial charge in [0.25, 0.3) is 0 Å². The highest BCUT2D eigenvalue weighted by Crippen LogP contribution is 2.30. The summed E-state index contributed by atoms with van der Waals surface area (Å²) >= 11 is 0. The van der Waals surface area contributed by atoms with Gasteiger partial charge in [-0.1, -0.05) is 6.07 Å². The number of aromatic nitrogens is 2. The number of pyridine rings is 2. The molecule has 1 aromatic carbocycles. The van der Waals surface area contributed by atoms with Crippen LogP contribution in [0.3, 0.4) is 0 Å². The number of piperidine rings is 1. The second kappa shape index (κ2) is 10.5. The van der Waals surface area contributed by atoms with E-state index in [1.807, 2.05) is 4.90 Å². The monoisotopic (exact) mass is 486 g/mol. The van der Waals surface area contributed by atoms with Crippen molar-refractivity contribution in [3.63, 3.8) is 0 Å². The van der Waals surface area contributed by atoms with Crippen LogP contribution in [0.4, 0.5) is 23.4 Å². The fraction of sp³-hybridized carbons (Fsp3) is 0.240. The number of ether oxygens (including phenoxy) is 1. The minimum absolute atomic E-state index is 0.0499. The van der Waals surface area contributed by atoms with Gasteiger partial charge < -0.3 is 15.0 Å². The molecule has 1 saturated heterocycles. The fourth-order valence-electron chi connectivity index (χ4n) is 3.65. The Hall–Kier alpha value is -3.95. The molecule has 0 spiro atoms. The number of amides is 1. The Morgan fingerprint density at radius 3 is 2.54 bits per heavy atom. The maximum Gasteiger partial charge on any atom is 0.417 e. The van der Waals surface area contributed by atoms with E-state index in [1.54, 1.807) is 24.4 Å². The molecule has 3 heterocycles. The Bertz CT molecular complexity index is 1180. The van der Waals surface area contributed by atoms with Gasteiger partial charge in [-0.3, -0.25) is 9.78 Å². The van der Waals surface area contributed by atoms with Gasteiger partial charge in [0.15, 0.2) is 11.6 Å². The van der Waals surface area contributed by atoms with E-state index in [0.717, 1.165) is 12.3 Å². The Balaban J connectivity index is 1.26. The van der Waals surface area contributed by atoms with Crippen LogP contribution in [-0.2, 0) is 11.0 Å². The number of nitrogens with zero attached hydrogens (tertiary/aromatic N) is 3. The van der Waals surface area contributed by atoms with Crippen molar-refractivity contribution in [2.24, 2.45) is 0 Å². The molecule has 2 aromatic heterocycles. The zero-order valence-corrected chi connectivity index (χ0v) is 18.5. The molecule has 3 aromatic rings. The van der Waals surface area contributed by atoms with Crippen LogP contribution < -0.4 is 15.0 Å². The van der Waals surface area contributed by atoms with Crippen LogP contribution in [0.2, 0.25) is 0 Å². The molecule has 10 heteroatoms. The van der Waals surface area contributed by atoms with Crippen molar-refractivity contribution < 1.29 is 27.1 Å². The molecule has 1 N–H and O–H groups in total. The SMILES string of the molecule is O=C(/C=C/c1ccc(Oc2cccnc2)c(F)c1)NC1CCN(c2ccc(C(F)(F)F)cn2)CC1. The third kappa shape index (κ3) is 6.56. The first-order valence-corrected chi connectivity index (χ1v) is 10.9. The van der Waals surface area contributed by atoms with E-state index in [4.69, 9.17) is 4.74 Å². The predicted molar refractivity (Wildman–Crippen MR) is 122 cm³/mol. The number of rotatable bonds is 6. The van der Waals surface area contributed by atoms with Crippen LogP contribution in [0.5, 0.6) is 11.5 Å². The third-order valence-corrected chi connectivity index (χ3v) is 5.49. The number of carbonyl (C=O) groups is 1. The second-order valence-electron chi connectivity index (χ2n) is 7.99. The largest absolute Gasteiger partial charge is 0.453 e. The molecule has 0 aliphatic carbocycles. The van der Waals surface area contributed by atoms with Crippen LogP contribution in [0.15, 0.2) is 67.1 Å². The van der Waals surface area contributed by atoms with Crippen molar-refractivity contribution >= 4 is 17.8 Å². The minimum Gasteiger partial charge on any atom is -0.453 e. The number of benzene rings is 1. The number of carbonyl (C=O) groups excluding carboxylic acids is 1. The number of anilines is 1. The molecule has 182 valence electrons. The van der Waals surface area contributed by atoms with Gasteiger partial charge in [0, 0.05) is 37.6 Å². The first-order chi connectivity index (χ1) is 16.8. The maximum atomic E-state index is 14.3. The van der Waals surface area contributed by atoms with Gasteiger partial charge in [-0.05, 0) is 60.9 Å². The van der Waals surface area contributed by atoms with Gasteiger partial charge in [0.1, 0.15) is 11.6 Å². The lowest BCUT2D eigenvalue weighted by molar-refractivity contribution is -0.137. The van der Waals surface area contributed by atoms with E-state index in [2.05, 4.69) is 15.3 Å². The summed E-state index contributed by atoms with van der Waals surface area (Å²) in [6, 6.07) is 10.0. The van der Waals surface area contributed by atoms with Crippen LogP contribution in [0.25, 0.3) is 6.08 Å². The maximum absolute atomic E-state index is 14.3. The van der Waals surface area contributed by atoms with Crippen molar-refractivity contribution in [3.8, 4) is 11.5 Å². The summed E-state index contributed by atoms with van der Waals surface area (Å²) in [5, 5.41) is 2.90. The van der Waals surface area contributed by atoms with Crippen molar-refractivity contribution in [1.29, 1.82) is 0 Å². The minimum atomic E-state index is -4.42. The molecule has 4 rings (SSSR count). The fourth-order valence-corrected chi connectivity index (χ4v) is 3.65. The van der Waals surface area contributed by atoms with Crippen molar-refractivity contribution in [2.75, 3.05) is 18.0 Å². The van der Waals surface area contributed by atoms with Gasteiger partial charge in [0.2, 0.25) is 5.91 Å². The summed E-state index contributed by atoms with van der Waals surface area (Å²) in [6.45, 7) is 1.10. The summed E-state index contributed by atoms with van der Waals surface area (Å²) in [6.07, 6.45) is 3.55.